The van der Waals surface area contributed by atoms with E-state index in [9.17, 15) is 18.9 Å². The maximum Gasteiger partial charge on any atom is 0.290 e. The van der Waals surface area contributed by atoms with Gasteiger partial charge in [-0.1, -0.05) is 0 Å². The van der Waals surface area contributed by atoms with Gasteiger partial charge in [-0.15, -0.1) is 4.21 Å². The number of carbonyl (C=O) groups is 2. The van der Waals surface area contributed by atoms with E-state index in [1.54, 1.807) is 0 Å². The molecule has 0 saturated heterocycles. The van der Waals surface area contributed by atoms with Crippen molar-refractivity contribution in [2.75, 3.05) is 12.5 Å². The maximum absolute atomic E-state index is 11.4. The predicted molar refractivity (Wildman–Crippen MR) is 70.0 cm³/mol. The Morgan fingerprint density at radius 3 is 2.53 bits per heavy atom. The lowest BCUT2D eigenvalue weighted by molar-refractivity contribution is -0.118. The molecule has 2 N–H and O–H groups in total. The van der Waals surface area contributed by atoms with Crippen LogP contribution in [-0.4, -0.2) is 43.0 Å². The summed E-state index contributed by atoms with van der Waals surface area (Å²) in [6.45, 7) is 1.40. The van der Waals surface area contributed by atoms with Crippen molar-refractivity contribution in [3.05, 3.63) is 11.2 Å². The molecule has 0 spiro atoms. The Balaban J connectivity index is 4.31. The van der Waals surface area contributed by atoms with E-state index in [1.165, 1.54) is 24.8 Å². The summed E-state index contributed by atoms with van der Waals surface area (Å²) in [6, 6.07) is -0.513. The second-order valence-corrected chi connectivity index (χ2v) is 6.94. The van der Waals surface area contributed by atoms with E-state index in [4.69, 9.17) is 0 Å². The zero-order valence-electron chi connectivity index (χ0n) is 10.3. The van der Waals surface area contributed by atoms with Gasteiger partial charge in [-0.05, 0) is 13.3 Å². The molecule has 0 aromatic rings. The summed E-state index contributed by atoms with van der Waals surface area (Å²) >= 11 is 0. The molecular formula is C10H18BNO4S+. The Bertz CT molecular complexity index is 350. The monoisotopic (exact) mass is 259 g/mol. The van der Waals surface area contributed by atoms with Crippen LogP contribution in [0.3, 0.4) is 0 Å². The van der Waals surface area contributed by atoms with Gasteiger partial charge in [0.05, 0.1) is 12.2 Å². The summed E-state index contributed by atoms with van der Waals surface area (Å²) in [7, 11) is -0.991. The first kappa shape index (κ1) is 16.1. The fourth-order valence-electron chi connectivity index (χ4n) is 1.24. The van der Waals surface area contributed by atoms with Crippen LogP contribution >= 0.6 is 0 Å². The first-order chi connectivity index (χ1) is 7.76. The molecule has 0 rings (SSSR count). The third kappa shape index (κ3) is 8.82. The number of allylic oxidation sites excluding steroid dienone is 1. The van der Waals surface area contributed by atoms with Crippen molar-refractivity contribution in [1.82, 2.24) is 5.23 Å². The molecular weight excluding hydrogens is 241 g/mol. The summed E-state index contributed by atoms with van der Waals surface area (Å²) in [6.07, 6.45) is 4.17. The highest BCUT2D eigenvalue weighted by Crippen LogP contribution is 2.09. The number of hydrogen-bond donors (Lipinski definition) is 2. The first-order valence-corrected chi connectivity index (χ1v) is 7.57. The standard InChI is InChI=1S/C10H17BNO4S/c1-8(14)10(12-11-7-13)5-4-9(15)6-17(2,3)16/h6-7,10,12H,4-5H2,1-3H3/p+1/t10-/m0/s1. The minimum absolute atomic E-state index is 0.000784. The highest BCUT2D eigenvalue weighted by Gasteiger charge is 2.16. The van der Waals surface area contributed by atoms with Crippen LogP contribution in [0.5, 0.6) is 0 Å². The molecule has 0 bridgehead atoms. The molecule has 5 nitrogen and oxygen atoms in total. The Morgan fingerprint density at radius 2 is 2.12 bits per heavy atom. The zero-order chi connectivity index (χ0) is 13.5. The summed E-state index contributed by atoms with van der Waals surface area (Å²) in [5, 5.41) is 13.4. The van der Waals surface area contributed by atoms with Crippen molar-refractivity contribution in [3.63, 3.8) is 0 Å². The number of aliphatic hydroxyl groups excluding tert-OH is 1. The van der Waals surface area contributed by atoms with Crippen molar-refractivity contribution in [1.29, 1.82) is 0 Å². The van der Waals surface area contributed by atoms with Crippen LogP contribution in [0.2, 0.25) is 0 Å². The predicted octanol–water partition coefficient (Wildman–Crippen LogP) is 0.282. The molecule has 0 aromatic carbocycles. The van der Waals surface area contributed by atoms with E-state index >= 15 is 0 Å². The van der Waals surface area contributed by atoms with Gasteiger partial charge in [-0.2, -0.15) is 0 Å². The molecule has 95 valence electrons. The number of carbonyl (C=O) groups excluding carboxylic acids is 2. The molecule has 0 unspecified atom stereocenters. The minimum Gasteiger partial charge on any atom is -0.508 e. The summed E-state index contributed by atoms with van der Waals surface area (Å²) in [4.78, 5) is 21.3. The summed E-state index contributed by atoms with van der Waals surface area (Å²) in [5.74, 6) is -0.121. The number of Topliss-reactive ketones (excluding diaryl/α,β-unsaturated/α-hetero) is 1. The van der Waals surface area contributed by atoms with E-state index in [-0.39, 0.29) is 18.0 Å². The van der Waals surface area contributed by atoms with Gasteiger partial charge in [0.2, 0.25) is 0 Å². The lowest BCUT2D eigenvalue weighted by Crippen LogP contribution is -2.38. The summed E-state index contributed by atoms with van der Waals surface area (Å²) < 4.78 is 11.4. The Labute approximate surface area is 103 Å². The molecule has 17 heavy (non-hydrogen) atoms. The van der Waals surface area contributed by atoms with E-state index in [1.807, 2.05) is 0 Å². The molecule has 1 radical (unpaired) electrons. The van der Waals surface area contributed by atoms with Gasteiger partial charge in [0.1, 0.15) is 34.0 Å². The van der Waals surface area contributed by atoms with Crippen molar-refractivity contribution in [2.45, 2.75) is 25.8 Å². The average Bonchev–Trinajstić information content (AvgIpc) is 2.14. The largest absolute Gasteiger partial charge is 0.508 e. The van der Waals surface area contributed by atoms with Crippen molar-refractivity contribution in [2.24, 2.45) is 0 Å². The second kappa shape index (κ2) is 7.39. The Kier molecular flexibility index (Phi) is 6.98. The number of ketones is 1. The van der Waals surface area contributed by atoms with Gasteiger partial charge in [-0.3, -0.25) is 4.79 Å². The Hall–Kier alpha value is -0.945. The van der Waals surface area contributed by atoms with Gasteiger partial charge in [-0.25, -0.2) is 0 Å². The fourth-order valence-corrected chi connectivity index (χ4v) is 2.01. The average molecular weight is 259 g/mol. The molecule has 0 saturated carbocycles. The van der Waals surface area contributed by atoms with Crippen LogP contribution in [0, 0.1) is 0 Å². The molecule has 7 heteroatoms. The highest BCUT2D eigenvalue weighted by atomic mass is 32.2. The van der Waals surface area contributed by atoms with Crippen molar-refractivity contribution < 1.29 is 18.9 Å². The summed E-state index contributed by atoms with van der Waals surface area (Å²) in [5.41, 5.74) is 0. The highest BCUT2D eigenvalue weighted by molar-refractivity contribution is 8.04. The van der Waals surface area contributed by atoms with E-state index < -0.39 is 16.0 Å². The fraction of sp³-hybridized carbons (Fsp3) is 0.600. The SMILES string of the molecule is CC(=O)[C@H](CC/C(O)=C/[S+](C)(C)=O)N[B]C=O. The third-order valence-electron chi connectivity index (χ3n) is 1.97. The molecule has 0 aromatic heterocycles. The van der Waals surface area contributed by atoms with Gasteiger partial charge in [0, 0.05) is 6.42 Å². The molecule has 0 fully saturated rings. The molecule has 0 heterocycles. The van der Waals surface area contributed by atoms with Crippen molar-refractivity contribution >= 4 is 29.3 Å². The molecule has 0 amide bonds. The Morgan fingerprint density at radius 1 is 1.53 bits per heavy atom. The van der Waals surface area contributed by atoms with E-state index in [2.05, 4.69) is 5.23 Å². The van der Waals surface area contributed by atoms with Crippen LogP contribution < -0.4 is 5.23 Å². The third-order valence-corrected chi connectivity index (χ3v) is 2.80. The quantitative estimate of drug-likeness (QED) is 0.283. The van der Waals surface area contributed by atoms with Crippen molar-refractivity contribution in [3.8, 4) is 0 Å². The van der Waals surface area contributed by atoms with Crippen LogP contribution in [0.4, 0.5) is 0 Å². The van der Waals surface area contributed by atoms with Gasteiger partial charge in [0.25, 0.3) is 7.41 Å². The number of rotatable bonds is 8. The van der Waals surface area contributed by atoms with Gasteiger partial charge in [0.15, 0.2) is 5.41 Å². The van der Waals surface area contributed by atoms with Crippen LogP contribution in [0.25, 0.3) is 0 Å². The molecule has 0 aliphatic carbocycles. The lowest BCUT2D eigenvalue weighted by atomic mass is 9.93. The second-order valence-electron chi connectivity index (χ2n) is 4.09. The van der Waals surface area contributed by atoms with Crippen LogP contribution in [0.1, 0.15) is 19.8 Å². The van der Waals surface area contributed by atoms with Gasteiger partial charge >= 0.3 is 0 Å². The van der Waals surface area contributed by atoms with Crippen LogP contribution in [0.15, 0.2) is 11.2 Å². The zero-order valence-corrected chi connectivity index (χ0v) is 11.1. The van der Waals surface area contributed by atoms with E-state index in [0.717, 1.165) is 7.41 Å². The maximum atomic E-state index is 11.4. The number of aliphatic hydroxyl groups is 1. The van der Waals surface area contributed by atoms with Gasteiger partial charge < -0.3 is 15.1 Å². The number of hydrogen-bond acceptors (Lipinski definition) is 5. The number of nitrogens with one attached hydrogen (secondary N) is 1. The molecule has 0 aliphatic heterocycles. The first-order valence-electron chi connectivity index (χ1n) is 5.13. The smallest absolute Gasteiger partial charge is 0.290 e. The molecule has 0 aliphatic rings. The van der Waals surface area contributed by atoms with Crippen LogP contribution in [-0.2, 0) is 23.7 Å². The van der Waals surface area contributed by atoms with E-state index in [0.29, 0.717) is 12.6 Å². The molecule has 1 atom stereocenters. The minimum atomic E-state index is -2.14. The topological polar surface area (TPSA) is 83.5 Å². The normalized spacial score (nSPS) is 14.2. The lowest BCUT2D eigenvalue weighted by Gasteiger charge is -2.13.